The number of amides is 1. The molecule has 2 aromatic carbocycles. The molecule has 20 heavy (non-hydrogen) atoms. The van der Waals surface area contributed by atoms with Gasteiger partial charge in [-0.1, -0.05) is 55.3 Å². The Morgan fingerprint density at radius 1 is 0.950 bits per heavy atom. The minimum absolute atomic E-state index is 0.0326. The molecule has 1 N–H and O–H groups in total. The van der Waals surface area contributed by atoms with Crippen molar-refractivity contribution in [3.8, 4) is 11.1 Å². The van der Waals surface area contributed by atoms with Crippen LogP contribution in [0.4, 0.5) is 0 Å². The highest BCUT2D eigenvalue weighted by atomic mass is 16.1. The minimum atomic E-state index is 0.0326. The molecule has 102 valence electrons. The van der Waals surface area contributed by atoms with E-state index in [4.69, 9.17) is 0 Å². The molecule has 1 aliphatic carbocycles. The van der Waals surface area contributed by atoms with Gasteiger partial charge < -0.3 is 5.32 Å². The van der Waals surface area contributed by atoms with Crippen LogP contribution in [-0.2, 0) is 0 Å². The zero-order valence-electron chi connectivity index (χ0n) is 11.5. The zero-order valence-corrected chi connectivity index (χ0v) is 11.5. The Bertz CT molecular complexity index is 570. The molecule has 0 aromatic heterocycles. The van der Waals surface area contributed by atoms with Gasteiger partial charge in [0.1, 0.15) is 0 Å². The number of hydrogen-bond acceptors (Lipinski definition) is 1. The van der Waals surface area contributed by atoms with E-state index in [2.05, 4.69) is 17.4 Å². The predicted octanol–water partition coefficient (Wildman–Crippen LogP) is 3.88. The summed E-state index contributed by atoms with van der Waals surface area (Å²) >= 11 is 0. The number of benzene rings is 2. The van der Waals surface area contributed by atoms with E-state index in [9.17, 15) is 4.79 Å². The van der Waals surface area contributed by atoms with Gasteiger partial charge >= 0.3 is 0 Å². The molecule has 2 nitrogen and oxygen atoms in total. The summed E-state index contributed by atoms with van der Waals surface area (Å²) in [4.78, 5) is 12.0. The van der Waals surface area contributed by atoms with Gasteiger partial charge in [-0.15, -0.1) is 0 Å². The summed E-state index contributed by atoms with van der Waals surface area (Å²) < 4.78 is 0. The number of nitrogens with one attached hydrogen (secondary N) is 1. The van der Waals surface area contributed by atoms with Crippen molar-refractivity contribution < 1.29 is 4.79 Å². The first-order valence-corrected chi connectivity index (χ1v) is 7.26. The second kappa shape index (κ2) is 5.91. The van der Waals surface area contributed by atoms with Crippen LogP contribution < -0.4 is 5.32 Å². The summed E-state index contributed by atoms with van der Waals surface area (Å²) in [5, 5.41) is 2.99. The average Bonchev–Trinajstić information content (AvgIpc) is 3.32. The van der Waals surface area contributed by atoms with Gasteiger partial charge in [0, 0.05) is 12.1 Å². The summed E-state index contributed by atoms with van der Waals surface area (Å²) in [6.45, 7) is 0.796. The number of carbonyl (C=O) groups is 1. The van der Waals surface area contributed by atoms with Gasteiger partial charge in [-0.05, 0) is 35.6 Å². The van der Waals surface area contributed by atoms with E-state index in [-0.39, 0.29) is 5.91 Å². The van der Waals surface area contributed by atoms with Crippen LogP contribution in [0.2, 0.25) is 0 Å². The third-order valence-corrected chi connectivity index (χ3v) is 3.79. The lowest BCUT2D eigenvalue weighted by atomic mass is 10.0. The highest BCUT2D eigenvalue weighted by molar-refractivity contribution is 5.94. The fourth-order valence-corrected chi connectivity index (χ4v) is 2.34. The fourth-order valence-electron chi connectivity index (χ4n) is 2.34. The monoisotopic (exact) mass is 265 g/mol. The maximum absolute atomic E-state index is 12.0. The highest BCUT2D eigenvalue weighted by Crippen LogP contribution is 2.31. The van der Waals surface area contributed by atoms with Crippen LogP contribution in [0.25, 0.3) is 11.1 Å². The van der Waals surface area contributed by atoms with Crippen molar-refractivity contribution in [1.29, 1.82) is 0 Å². The van der Waals surface area contributed by atoms with Crippen LogP contribution in [0.15, 0.2) is 54.6 Å². The van der Waals surface area contributed by atoms with Gasteiger partial charge in [-0.25, -0.2) is 0 Å². The predicted molar refractivity (Wildman–Crippen MR) is 81.6 cm³/mol. The Labute approximate surface area is 119 Å². The van der Waals surface area contributed by atoms with Crippen LogP contribution >= 0.6 is 0 Å². The number of hydrogen-bond donors (Lipinski definition) is 1. The Balaban J connectivity index is 1.61. The largest absolute Gasteiger partial charge is 0.352 e. The maximum Gasteiger partial charge on any atom is 0.251 e. The molecular weight excluding hydrogens is 246 g/mol. The number of carbonyl (C=O) groups excluding carboxylic acids is 1. The molecule has 0 aliphatic heterocycles. The molecule has 1 amide bonds. The molecular formula is C18H19NO. The van der Waals surface area contributed by atoms with E-state index < -0.39 is 0 Å². The summed E-state index contributed by atoms with van der Waals surface area (Å²) in [5.74, 6) is 0.890. The van der Waals surface area contributed by atoms with Crippen molar-refractivity contribution in [1.82, 2.24) is 5.32 Å². The molecule has 0 spiro atoms. The third-order valence-electron chi connectivity index (χ3n) is 3.79. The van der Waals surface area contributed by atoms with Gasteiger partial charge in [0.05, 0.1) is 0 Å². The van der Waals surface area contributed by atoms with Gasteiger partial charge in [0.15, 0.2) is 0 Å². The van der Waals surface area contributed by atoms with Crippen molar-refractivity contribution in [3.63, 3.8) is 0 Å². The van der Waals surface area contributed by atoms with E-state index >= 15 is 0 Å². The maximum atomic E-state index is 12.0. The lowest BCUT2D eigenvalue weighted by Crippen LogP contribution is -2.24. The molecule has 0 saturated heterocycles. The molecule has 0 bridgehead atoms. The normalized spacial score (nSPS) is 14.0. The Morgan fingerprint density at radius 3 is 2.25 bits per heavy atom. The average molecular weight is 265 g/mol. The standard InChI is InChI=1S/C18H19NO/c20-18(19-13-12-14-6-7-14)17-10-8-16(9-11-17)15-4-2-1-3-5-15/h1-5,8-11,14H,6-7,12-13H2,(H,19,20). The van der Waals surface area contributed by atoms with Crippen molar-refractivity contribution in [2.75, 3.05) is 6.54 Å². The summed E-state index contributed by atoms with van der Waals surface area (Å²) in [6.07, 6.45) is 3.79. The summed E-state index contributed by atoms with van der Waals surface area (Å²) in [6, 6.07) is 18.0. The molecule has 0 radical (unpaired) electrons. The van der Waals surface area contributed by atoms with E-state index in [1.54, 1.807) is 0 Å². The summed E-state index contributed by atoms with van der Waals surface area (Å²) in [7, 11) is 0. The first-order valence-electron chi connectivity index (χ1n) is 7.26. The lowest BCUT2D eigenvalue weighted by Gasteiger charge is -2.06. The Hall–Kier alpha value is -2.09. The highest BCUT2D eigenvalue weighted by Gasteiger charge is 2.20. The molecule has 2 aromatic rings. The minimum Gasteiger partial charge on any atom is -0.352 e. The fraction of sp³-hybridized carbons (Fsp3) is 0.278. The first kappa shape index (κ1) is 12.9. The summed E-state index contributed by atoms with van der Waals surface area (Å²) in [5.41, 5.74) is 3.05. The van der Waals surface area contributed by atoms with Crippen LogP contribution in [0.5, 0.6) is 0 Å². The lowest BCUT2D eigenvalue weighted by molar-refractivity contribution is 0.0952. The molecule has 1 fully saturated rings. The van der Waals surface area contributed by atoms with Crippen molar-refractivity contribution in [3.05, 3.63) is 60.2 Å². The smallest absolute Gasteiger partial charge is 0.251 e. The van der Waals surface area contributed by atoms with Crippen molar-refractivity contribution in [2.24, 2.45) is 5.92 Å². The van der Waals surface area contributed by atoms with Crippen LogP contribution in [0.3, 0.4) is 0 Å². The first-order chi connectivity index (χ1) is 9.83. The topological polar surface area (TPSA) is 29.1 Å². The Kier molecular flexibility index (Phi) is 3.82. The SMILES string of the molecule is O=C(NCCC1CC1)c1ccc(-c2ccccc2)cc1. The molecule has 2 heteroatoms. The third kappa shape index (κ3) is 3.27. The molecule has 0 heterocycles. The zero-order chi connectivity index (χ0) is 13.8. The van der Waals surface area contributed by atoms with Crippen LogP contribution in [-0.4, -0.2) is 12.5 Å². The number of rotatable bonds is 5. The second-order valence-corrected chi connectivity index (χ2v) is 5.43. The molecule has 1 aliphatic rings. The molecule has 1 saturated carbocycles. The van der Waals surface area contributed by atoms with Crippen molar-refractivity contribution in [2.45, 2.75) is 19.3 Å². The van der Waals surface area contributed by atoms with Crippen LogP contribution in [0.1, 0.15) is 29.6 Å². The van der Waals surface area contributed by atoms with Gasteiger partial charge in [0.2, 0.25) is 0 Å². The Morgan fingerprint density at radius 2 is 1.60 bits per heavy atom. The van der Waals surface area contributed by atoms with Gasteiger partial charge in [0.25, 0.3) is 5.91 Å². The second-order valence-electron chi connectivity index (χ2n) is 5.43. The van der Waals surface area contributed by atoms with E-state index in [0.717, 1.165) is 30.0 Å². The molecule has 0 atom stereocenters. The van der Waals surface area contributed by atoms with E-state index in [1.807, 2.05) is 42.5 Å². The molecule has 0 unspecified atom stereocenters. The quantitative estimate of drug-likeness (QED) is 0.873. The van der Waals surface area contributed by atoms with Crippen LogP contribution in [0, 0.1) is 5.92 Å². The van der Waals surface area contributed by atoms with Gasteiger partial charge in [-0.2, -0.15) is 0 Å². The van der Waals surface area contributed by atoms with E-state index in [1.165, 1.54) is 18.4 Å². The van der Waals surface area contributed by atoms with Gasteiger partial charge in [-0.3, -0.25) is 4.79 Å². The van der Waals surface area contributed by atoms with E-state index in [0.29, 0.717) is 0 Å². The van der Waals surface area contributed by atoms with Crippen molar-refractivity contribution >= 4 is 5.91 Å². The molecule has 3 rings (SSSR count).